The van der Waals surface area contributed by atoms with Gasteiger partial charge in [-0.1, -0.05) is 6.92 Å². The standard InChI is InChI=1S/C14H27N3O/c1-4-10(2)16-14(18)11(3)17-6-5-12-7-15-8-13(12)9-17/h10-13,15H,4-9H2,1-3H3,(H,16,18). The molecule has 4 nitrogen and oxygen atoms in total. The van der Waals surface area contributed by atoms with Crippen molar-refractivity contribution in [3.8, 4) is 0 Å². The third kappa shape index (κ3) is 3.04. The van der Waals surface area contributed by atoms with Crippen LogP contribution in [-0.4, -0.2) is 49.1 Å². The number of fused-ring (bicyclic) bond motifs is 1. The van der Waals surface area contributed by atoms with Crippen molar-refractivity contribution >= 4 is 5.91 Å². The third-order valence-corrected chi connectivity index (χ3v) is 4.66. The van der Waals surface area contributed by atoms with E-state index in [-0.39, 0.29) is 18.0 Å². The van der Waals surface area contributed by atoms with Gasteiger partial charge in [0.25, 0.3) is 0 Å². The molecule has 2 aliphatic rings. The van der Waals surface area contributed by atoms with E-state index in [0.29, 0.717) is 0 Å². The summed E-state index contributed by atoms with van der Waals surface area (Å²) >= 11 is 0. The third-order valence-electron chi connectivity index (χ3n) is 4.66. The lowest BCUT2D eigenvalue weighted by Gasteiger charge is -2.37. The summed E-state index contributed by atoms with van der Waals surface area (Å²) in [5.41, 5.74) is 0. The van der Waals surface area contributed by atoms with Gasteiger partial charge in [0.05, 0.1) is 6.04 Å². The van der Waals surface area contributed by atoms with E-state index in [9.17, 15) is 4.79 Å². The lowest BCUT2D eigenvalue weighted by atomic mass is 9.88. The molecule has 0 spiro atoms. The van der Waals surface area contributed by atoms with Crippen LogP contribution in [0.3, 0.4) is 0 Å². The van der Waals surface area contributed by atoms with E-state index in [1.165, 1.54) is 13.0 Å². The van der Waals surface area contributed by atoms with Gasteiger partial charge in [-0.2, -0.15) is 0 Å². The molecule has 2 rings (SSSR count). The molecular formula is C14H27N3O. The number of rotatable bonds is 4. The number of hydrogen-bond acceptors (Lipinski definition) is 3. The molecule has 0 radical (unpaired) electrons. The summed E-state index contributed by atoms with van der Waals surface area (Å²) in [6, 6.07) is 0.297. The van der Waals surface area contributed by atoms with Crippen LogP contribution in [0.2, 0.25) is 0 Å². The van der Waals surface area contributed by atoms with Crippen molar-refractivity contribution in [1.82, 2.24) is 15.5 Å². The van der Waals surface area contributed by atoms with Gasteiger partial charge in [0.2, 0.25) is 5.91 Å². The lowest BCUT2D eigenvalue weighted by Crippen LogP contribution is -2.52. The molecule has 18 heavy (non-hydrogen) atoms. The van der Waals surface area contributed by atoms with Crippen molar-refractivity contribution in [1.29, 1.82) is 0 Å². The van der Waals surface area contributed by atoms with Gasteiger partial charge >= 0.3 is 0 Å². The average Bonchev–Trinajstić information content (AvgIpc) is 2.84. The van der Waals surface area contributed by atoms with Gasteiger partial charge in [-0.05, 0) is 58.2 Å². The maximum Gasteiger partial charge on any atom is 0.237 e. The zero-order chi connectivity index (χ0) is 13.1. The van der Waals surface area contributed by atoms with Gasteiger partial charge in [0, 0.05) is 12.6 Å². The van der Waals surface area contributed by atoms with Crippen molar-refractivity contribution in [2.45, 2.75) is 45.7 Å². The summed E-state index contributed by atoms with van der Waals surface area (Å²) in [7, 11) is 0. The fourth-order valence-electron chi connectivity index (χ4n) is 3.05. The zero-order valence-corrected chi connectivity index (χ0v) is 11.9. The highest BCUT2D eigenvalue weighted by molar-refractivity contribution is 5.81. The summed E-state index contributed by atoms with van der Waals surface area (Å²) < 4.78 is 0. The summed E-state index contributed by atoms with van der Waals surface area (Å²) in [6.07, 6.45) is 2.23. The number of nitrogens with zero attached hydrogens (tertiary/aromatic N) is 1. The molecule has 2 fully saturated rings. The van der Waals surface area contributed by atoms with Crippen LogP contribution < -0.4 is 10.6 Å². The molecule has 4 atom stereocenters. The molecule has 4 heteroatoms. The second-order valence-electron chi connectivity index (χ2n) is 5.96. The van der Waals surface area contributed by atoms with Crippen molar-refractivity contribution in [2.24, 2.45) is 11.8 Å². The van der Waals surface area contributed by atoms with Crippen LogP contribution in [0.1, 0.15) is 33.6 Å². The van der Waals surface area contributed by atoms with Crippen LogP contribution in [-0.2, 0) is 4.79 Å². The summed E-state index contributed by atoms with van der Waals surface area (Å²) in [4.78, 5) is 14.5. The van der Waals surface area contributed by atoms with Crippen LogP contribution in [0.15, 0.2) is 0 Å². The molecular weight excluding hydrogens is 226 g/mol. The van der Waals surface area contributed by atoms with E-state index in [1.54, 1.807) is 0 Å². The van der Waals surface area contributed by atoms with E-state index >= 15 is 0 Å². The topological polar surface area (TPSA) is 44.4 Å². The molecule has 0 aromatic rings. The van der Waals surface area contributed by atoms with Gasteiger partial charge in [0.1, 0.15) is 0 Å². The quantitative estimate of drug-likeness (QED) is 0.780. The van der Waals surface area contributed by atoms with Crippen LogP contribution in [0.25, 0.3) is 0 Å². The zero-order valence-electron chi connectivity index (χ0n) is 11.9. The first-order valence-corrected chi connectivity index (χ1v) is 7.37. The SMILES string of the molecule is CCC(C)NC(=O)C(C)N1CCC2CNCC2C1. The van der Waals surface area contributed by atoms with Crippen molar-refractivity contribution in [3.05, 3.63) is 0 Å². The van der Waals surface area contributed by atoms with Crippen molar-refractivity contribution in [2.75, 3.05) is 26.2 Å². The normalized spacial score (nSPS) is 31.7. The number of carbonyl (C=O) groups excluding carboxylic acids is 1. The summed E-state index contributed by atoms with van der Waals surface area (Å²) in [5.74, 6) is 1.78. The first kappa shape index (κ1) is 13.8. The molecule has 2 saturated heterocycles. The van der Waals surface area contributed by atoms with Crippen LogP contribution in [0, 0.1) is 11.8 Å². The largest absolute Gasteiger partial charge is 0.352 e. The van der Waals surface area contributed by atoms with E-state index < -0.39 is 0 Å². The first-order chi connectivity index (χ1) is 8.61. The minimum Gasteiger partial charge on any atom is -0.352 e. The van der Waals surface area contributed by atoms with Crippen LogP contribution >= 0.6 is 0 Å². The number of hydrogen-bond donors (Lipinski definition) is 2. The number of carbonyl (C=O) groups is 1. The maximum absolute atomic E-state index is 12.1. The molecule has 0 bridgehead atoms. The van der Waals surface area contributed by atoms with Crippen molar-refractivity contribution in [3.63, 3.8) is 0 Å². The van der Waals surface area contributed by atoms with Gasteiger partial charge < -0.3 is 10.6 Å². The molecule has 4 unspecified atom stereocenters. The maximum atomic E-state index is 12.1. The van der Waals surface area contributed by atoms with Crippen LogP contribution in [0.5, 0.6) is 0 Å². The molecule has 2 aliphatic heterocycles. The molecule has 2 heterocycles. The van der Waals surface area contributed by atoms with E-state index in [4.69, 9.17) is 0 Å². The Hall–Kier alpha value is -0.610. The Morgan fingerprint density at radius 1 is 1.39 bits per heavy atom. The van der Waals surface area contributed by atoms with E-state index in [1.807, 2.05) is 6.92 Å². The number of nitrogens with one attached hydrogen (secondary N) is 2. The summed E-state index contributed by atoms with van der Waals surface area (Å²) in [5, 5.41) is 6.56. The Bertz CT molecular complexity index is 295. The predicted molar refractivity (Wildman–Crippen MR) is 73.4 cm³/mol. The highest BCUT2D eigenvalue weighted by Crippen LogP contribution is 2.27. The monoisotopic (exact) mass is 253 g/mol. The van der Waals surface area contributed by atoms with Gasteiger partial charge in [-0.25, -0.2) is 0 Å². The van der Waals surface area contributed by atoms with Crippen molar-refractivity contribution < 1.29 is 4.79 Å². The van der Waals surface area contributed by atoms with Gasteiger partial charge in [-0.3, -0.25) is 9.69 Å². The smallest absolute Gasteiger partial charge is 0.237 e. The fraction of sp³-hybridized carbons (Fsp3) is 0.929. The average molecular weight is 253 g/mol. The second kappa shape index (κ2) is 6.02. The highest BCUT2D eigenvalue weighted by atomic mass is 16.2. The number of likely N-dealkylation sites (tertiary alicyclic amines) is 1. The Morgan fingerprint density at radius 3 is 2.83 bits per heavy atom. The molecule has 0 aromatic heterocycles. The number of piperidine rings is 1. The molecule has 104 valence electrons. The van der Waals surface area contributed by atoms with E-state index in [2.05, 4.69) is 29.4 Å². The molecule has 1 amide bonds. The van der Waals surface area contributed by atoms with E-state index in [0.717, 1.165) is 37.9 Å². The number of amides is 1. The molecule has 0 saturated carbocycles. The lowest BCUT2D eigenvalue weighted by molar-refractivity contribution is -0.127. The van der Waals surface area contributed by atoms with Gasteiger partial charge in [0.15, 0.2) is 0 Å². The minimum absolute atomic E-state index is 0.0144. The van der Waals surface area contributed by atoms with Gasteiger partial charge in [-0.15, -0.1) is 0 Å². The highest BCUT2D eigenvalue weighted by Gasteiger charge is 2.35. The molecule has 2 N–H and O–H groups in total. The molecule has 0 aromatic carbocycles. The Morgan fingerprint density at radius 2 is 2.11 bits per heavy atom. The Kier molecular flexibility index (Phi) is 4.62. The first-order valence-electron chi connectivity index (χ1n) is 7.37. The fourth-order valence-corrected chi connectivity index (χ4v) is 3.05. The van der Waals surface area contributed by atoms with Crippen LogP contribution in [0.4, 0.5) is 0 Å². The second-order valence-corrected chi connectivity index (χ2v) is 5.96. The Balaban J connectivity index is 1.85. The predicted octanol–water partition coefficient (Wildman–Crippen LogP) is 0.831. The Labute approximate surface area is 110 Å². The minimum atomic E-state index is 0.0144. The molecule has 0 aliphatic carbocycles. The summed E-state index contributed by atoms with van der Waals surface area (Å²) in [6.45, 7) is 10.7.